The van der Waals surface area contributed by atoms with Gasteiger partial charge in [-0.25, -0.2) is 0 Å². The van der Waals surface area contributed by atoms with Crippen LogP contribution >= 0.6 is 0 Å². The second-order valence-corrected chi connectivity index (χ2v) is 9.01. The zero-order valence-corrected chi connectivity index (χ0v) is 16.7. The van der Waals surface area contributed by atoms with Crippen LogP contribution in [0, 0.1) is 17.8 Å². The van der Waals surface area contributed by atoms with Crippen molar-refractivity contribution in [3.8, 4) is 0 Å². The van der Waals surface area contributed by atoms with Gasteiger partial charge < -0.3 is 4.74 Å². The highest BCUT2D eigenvalue weighted by atomic mass is 16.5. The van der Waals surface area contributed by atoms with E-state index in [4.69, 9.17) is 4.74 Å². The molecule has 2 fully saturated rings. The van der Waals surface area contributed by atoms with Crippen molar-refractivity contribution in [3.05, 3.63) is 0 Å². The van der Waals surface area contributed by atoms with E-state index in [1.807, 2.05) is 0 Å². The van der Waals surface area contributed by atoms with Gasteiger partial charge >= 0.3 is 0 Å². The first-order valence-corrected chi connectivity index (χ1v) is 11.4. The maximum Gasteiger partial charge on any atom is 0.0575 e. The molecule has 0 amide bonds. The van der Waals surface area contributed by atoms with Crippen molar-refractivity contribution >= 4 is 0 Å². The zero-order chi connectivity index (χ0) is 17.0. The van der Waals surface area contributed by atoms with Crippen LogP contribution in [0.1, 0.15) is 117 Å². The van der Waals surface area contributed by atoms with Gasteiger partial charge in [-0.3, -0.25) is 0 Å². The molecular formula is C23H44O. The van der Waals surface area contributed by atoms with Crippen LogP contribution in [0.25, 0.3) is 0 Å². The Bertz CT molecular complexity index is 284. The number of ether oxygens (including phenoxy) is 1. The average molecular weight is 337 g/mol. The van der Waals surface area contributed by atoms with Crippen LogP contribution in [0.2, 0.25) is 0 Å². The molecule has 0 atom stereocenters. The van der Waals surface area contributed by atoms with E-state index in [9.17, 15) is 0 Å². The molecule has 0 aromatic rings. The lowest BCUT2D eigenvalue weighted by Gasteiger charge is -2.31. The number of hydrogen-bond acceptors (Lipinski definition) is 1. The lowest BCUT2D eigenvalue weighted by atomic mass is 9.80. The first-order valence-electron chi connectivity index (χ1n) is 11.4. The molecule has 2 rings (SSSR count). The molecule has 0 aromatic heterocycles. The second-order valence-electron chi connectivity index (χ2n) is 9.01. The van der Waals surface area contributed by atoms with Crippen LogP contribution in [0.15, 0.2) is 0 Å². The van der Waals surface area contributed by atoms with Crippen LogP contribution in [0.5, 0.6) is 0 Å². The Morgan fingerprint density at radius 1 is 0.667 bits per heavy atom. The van der Waals surface area contributed by atoms with Crippen molar-refractivity contribution in [3.63, 3.8) is 0 Å². The van der Waals surface area contributed by atoms with E-state index in [1.165, 1.54) is 103 Å². The average Bonchev–Trinajstić information content (AvgIpc) is 2.61. The fourth-order valence-corrected chi connectivity index (χ4v) is 4.75. The Morgan fingerprint density at radius 3 is 1.92 bits per heavy atom. The van der Waals surface area contributed by atoms with Crippen molar-refractivity contribution < 1.29 is 4.74 Å². The summed E-state index contributed by atoms with van der Waals surface area (Å²) in [4.78, 5) is 0. The summed E-state index contributed by atoms with van der Waals surface area (Å²) in [5.41, 5.74) is 0. The van der Waals surface area contributed by atoms with Gasteiger partial charge in [0.15, 0.2) is 0 Å². The second kappa shape index (κ2) is 12.3. The molecule has 0 heterocycles. The van der Waals surface area contributed by atoms with Gasteiger partial charge in [0, 0.05) is 6.61 Å². The van der Waals surface area contributed by atoms with Gasteiger partial charge in [-0.15, -0.1) is 0 Å². The molecule has 0 saturated heterocycles. The molecule has 1 nitrogen and oxygen atoms in total. The van der Waals surface area contributed by atoms with E-state index >= 15 is 0 Å². The topological polar surface area (TPSA) is 9.23 Å². The molecule has 0 unspecified atom stereocenters. The molecule has 1 heteroatoms. The summed E-state index contributed by atoms with van der Waals surface area (Å²) in [6, 6.07) is 0. The molecule has 0 spiro atoms. The Hall–Kier alpha value is -0.0400. The van der Waals surface area contributed by atoms with Crippen molar-refractivity contribution in [2.75, 3.05) is 6.61 Å². The minimum atomic E-state index is 0.589. The van der Waals surface area contributed by atoms with Crippen molar-refractivity contribution in [2.45, 2.75) is 123 Å². The largest absolute Gasteiger partial charge is 0.378 e. The normalized spacial score (nSPS) is 31.2. The summed E-state index contributed by atoms with van der Waals surface area (Å²) in [7, 11) is 0. The summed E-state index contributed by atoms with van der Waals surface area (Å²) in [5, 5.41) is 0. The van der Waals surface area contributed by atoms with Gasteiger partial charge in [0.2, 0.25) is 0 Å². The number of unbranched alkanes of at least 4 members (excludes halogenated alkanes) is 6. The quantitative estimate of drug-likeness (QED) is 0.354. The van der Waals surface area contributed by atoms with Crippen LogP contribution in [-0.4, -0.2) is 12.7 Å². The predicted molar refractivity (Wildman–Crippen MR) is 105 cm³/mol. The number of hydrogen-bond donors (Lipinski definition) is 0. The van der Waals surface area contributed by atoms with E-state index < -0.39 is 0 Å². The maximum absolute atomic E-state index is 6.25. The third-order valence-electron chi connectivity index (χ3n) is 6.71. The highest BCUT2D eigenvalue weighted by Crippen LogP contribution is 2.33. The van der Waals surface area contributed by atoms with Crippen molar-refractivity contribution in [1.29, 1.82) is 0 Å². The molecule has 2 aliphatic carbocycles. The molecule has 0 N–H and O–H groups in total. The fraction of sp³-hybridized carbons (Fsp3) is 1.00. The Labute approximate surface area is 152 Å². The fourth-order valence-electron chi connectivity index (χ4n) is 4.75. The third-order valence-corrected chi connectivity index (χ3v) is 6.71. The molecule has 0 aliphatic heterocycles. The monoisotopic (exact) mass is 336 g/mol. The van der Waals surface area contributed by atoms with Crippen LogP contribution in [-0.2, 0) is 4.74 Å². The molecule has 0 bridgehead atoms. The van der Waals surface area contributed by atoms with Crippen LogP contribution < -0.4 is 0 Å². The van der Waals surface area contributed by atoms with E-state index in [1.54, 1.807) is 0 Å². The lowest BCUT2D eigenvalue weighted by molar-refractivity contribution is -0.00841. The van der Waals surface area contributed by atoms with E-state index in [0.717, 1.165) is 24.4 Å². The Kier molecular flexibility index (Phi) is 10.4. The first kappa shape index (κ1) is 20.3. The third kappa shape index (κ3) is 8.37. The van der Waals surface area contributed by atoms with E-state index in [2.05, 4.69) is 13.8 Å². The molecular weight excluding hydrogens is 292 g/mol. The molecule has 2 saturated carbocycles. The van der Waals surface area contributed by atoms with E-state index in [-0.39, 0.29) is 0 Å². The summed E-state index contributed by atoms with van der Waals surface area (Å²) in [6.07, 6.45) is 23.5. The SMILES string of the molecule is CCCCCCCCCC1CCC(COC2CCC(C)CC2)CC1. The predicted octanol–water partition coefficient (Wildman–Crippen LogP) is 7.53. The molecule has 24 heavy (non-hydrogen) atoms. The first-order chi connectivity index (χ1) is 11.8. The lowest BCUT2D eigenvalue weighted by Crippen LogP contribution is -2.25. The zero-order valence-electron chi connectivity index (χ0n) is 16.7. The van der Waals surface area contributed by atoms with Crippen LogP contribution in [0.4, 0.5) is 0 Å². The van der Waals surface area contributed by atoms with E-state index in [0.29, 0.717) is 6.10 Å². The molecule has 0 radical (unpaired) electrons. The van der Waals surface area contributed by atoms with Gasteiger partial charge in [-0.2, -0.15) is 0 Å². The van der Waals surface area contributed by atoms with Crippen molar-refractivity contribution in [1.82, 2.24) is 0 Å². The maximum atomic E-state index is 6.25. The highest BCUT2D eigenvalue weighted by molar-refractivity contribution is 4.75. The minimum Gasteiger partial charge on any atom is -0.378 e. The Morgan fingerprint density at radius 2 is 1.25 bits per heavy atom. The highest BCUT2D eigenvalue weighted by Gasteiger charge is 2.23. The van der Waals surface area contributed by atoms with Gasteiger partial charge in [-0.05, 0) is 56.3 Å². The van der Waals surface area contributed by atoms with Crippen molar-refractivity contribution in [2.24, 2.45) is 17.8 Å². The summed E-state index contributed by atoms with van der Waals surface area (Å²) >= 11 is 0. The minimum absolute atomic E-state index is 0.589. The molecule has 2 aliphatic rings. The summed E-state index contributed by atoms with van der Waals surface area (Å²) in [5.74, 6) is 2.84. The molecule has 0 aromatic carbocycles. The van der Waals surface area contributed by atoms with Gasteiger partial charge in [0.25, 0.3) is 0 Å². The summed E-state index contributed by atoms with van der Waals surface area (Å²) < 4.78 is 6.25. The smallest absolute Gasteiger partial charge is 0.0575 e. The van der Waals surface area contributed by atoms with Gasteiger partial charge in [0.05, 0.1) is 6.10 Å². The summed E-state index contributed by atoms with van der Waals surface area (Å²) in [6.45, 7) is 5.75. The number of rotatable bonds is 11. The van der Waals surface area contributed by atoms with Gasteiger partial charge in [-0.1, -0.05) is 78.1 Å². The van der Waals surface area contributed by atoms with Gasteiger partial charge in [0.1, 0.15) is 0 Å². The molecule has 142 valence electrons. The Balaban J connectivity index is 1.43. The standard InChI is InChI=1S/C23H44O/c1-3-4-5-6-7-8-9-10-21-13-15-22(16-14-21)19-24-23-17-11-20(2)12-18-23/h20-23H,3-19H2,1-2H3. The van der Waals surface area contributed by atoms with Crippen LogP contribution in [0.3, 0.4) is 0 Å².